The molecule has 0 aliphatic carbocycles. The first-order chi connectivity index (χ1) is 8.90. The Morgan fingerprint density at radius 2 is 1.95 bits per heavy atom. The van der Waals surface area contributed by atoms with E-state index in [0.717, 1.165) is 11.3 Å². The SMILES string of the molecule is Cc1cc(C(=O)CCCC(=O)O)ccc1OC(C)C. The number of ketones is 1. The molecule has 0 saturated heterocycles. The summed E-state index contributed by atoms with van der Waals surface area (Å²) in [5, 5.41) is 8.53. The number of Topliss-reactive ketones (excluding diaryl/α,β-unsaturated/α-hetero) is 1. The van der Waals surface area contributed by atoms with E-state index in [0.29, 0.717) is 12.0 Å². The number of carbonyl (C=O) groups is 2. The lowest BCUT2D eigenvalue weighted by atomic mass is 10.0. The third-order valence-corrected chi connectivity index (χ3v) is 2.65. The van der Waals surface area contributed by atoms with Gasteiger partial charge in [0.1, 0.15) is 5.75 Å². The van der Waals surface area contributed by atoms with E-state index >= 15 is 0 Å². The lowest BCUT2D eigenvalue weighted by Gasteiger charge is -2.13. The standard InChI is InChI=1S/C15H20O4/c1-10(2)19-14-8-7-12(9-11(14)3)13(16)5-4-6-15(17)18/h7-10H,4-6H2,1-3H3,(H,17,18). The number of aliphatic carboxylic acids is 1. The van der Waals surface area contributed by atoms with E-state index in [1.54, 1.807) is 18.2 Å². The maximum Gasteiger partial charge on any atom is 0.303 e. The lowest BCUT2D eigenvalue weighted by molar-refractivity contribution is -0.137. The summed E-state index contributed by atoms with van der Waals surface area (Å²) >= 11 is 0. The molecular weight excluding hydrogens is 244 g/mol. The minimum atomic E-state index is -0.871. The van der Waals surface area contributed by atoms with Crippen LogP contribution in [0.5, 0.6) is 5.75 Å². The molecule has 0 bridgehead atoms. The summed E-state index contributed by atoms with van der Waals surface area (Å²) in [6.07, 6.45) is 0.753. The second kappa shape index (κ2) is 6.92. The van der Waals surface area contributed by atoms with Crippen molar-refractivity contribution in [2.24, 2.45) is 0 Å². The molecule has 0 fully saturated rings. The summed E-state index contributed by atoms with van der Waals surface area (Å²) in [6.45, 7) is 5.79. The van der Waals surface area contributed by atoms with Crippen LogP contribution in [0, 0.1) is 6.92 Å². The molecule has 0 aromatic heterocycles. The molecule has 0 aliphatic rings. The van der Waals surface area contributed by atoms with Gasteiger partial charge in [-0.1, -0.05) is 0 Å². The van der Waals surface area contributed by atoms with Gasteiger partial charge < -0.3 is 9.84 Å². The van der Waals surface area contributed by atoms with E-state index < -0.39 is 5.97 Å². The van der Waals surface area contributed by atoms with Crippen LogP contribution in [0.1, 0.15) is 49.0 Å². The molecule has 0 heterocycles. The van der Waals surface area contributed by atoms with Crippen molar-refractivity contribution in [1.29, 1.82) is 0 Å². The number of hydrogen-bond acceptors (Lipinski definition) is 3. The van der Waals surface area contributed by atoms with Crippen molar-refractivity contribution >= 4 is 11.8 Å². The van der Waals surface area contributed by atoms with Crippen molar-refractivity contribution < 1.29 is 19.4 Å². The quantitative estimate of drug-likeness (QED) is 0.768. The number of carboxylic acid groups (broad SMARTS) is 1. The normalized spacial score (nSPS) is 10.5. The van der Waals surface area contributed by atoms with Gasteiger partial charge in [-0.3, -0.25) is 9.59 Å². The summed E-state index contributed by atoms with van der Waals surface area (Å²) < 4.78 is 5.60. The molecule has 1 rings (SSSR count). The van der Waals surface area contributed by atoms with Gasteiger partial charge in [-0.2, -0.15) is 0 Å². The highest BCUT2D eigenvalue weighted by Crippen LogP contribution is 2.21. The van der Waals surface area contributed by atoms with Crippen LogP contribution >= 0.6 is 0 Å². The van der Waals surface area contributed by atoms with Gasteiger partial charge in [-0.15, -0.1) is 0 Å². The number of carboxylic acids is 1. The second-order valence-corrected chi connectivity index (χ2v) is 4.82. The molecule has 0 unspecified atom stereocenters. The van der Waals surface area contributed by atoms with Crippen molar-refractivity contribution in [3.05, 3.63) is 29.3 Å². The molecule has 4 nitrogen and oxygen atoms in total. The molecule has 0 saturated carbocycles. The van der Waals surface area contributed by atoms with Crippen LogP contribution in [-0.4, -0.2) is 23.0 Å². The fourth-order valence-corrected chi connectivity index (χ4v) is 1.75. The highest BCUT2D eigenvalue weighted by Gasteiger charge is 2.10. The lowest BCUT2D eigenvalue weighted by Crippen LogP contribution is -2.07. The molecule has 1 aromatic rings. The predicted molar refractivity (Wildman–Crippen MR) is 72.8 cm³/mol. The van der Waals surface area contributed by atoms with E-state index in [2.05, 4.69) is 0 Å². The smallest absolute Gasteiger partial charge is 0.303 e. The minimum absolute atomic E-state index is 0.0270. The van der Waals surface area contributed by atoms with Crippen molar-refractivity contribution in [2.45, 2.75) is 46.1 Å². The van der Waals surface area contributed by atoms with Crippen molar-refractivity contribution in [1.82, 2.24) is 0 Å². The molecule has 0 amide bonds. The molecule has 0 atom stereocenters. The maximum absolute atomic E-state index is 11.9. The second-order valence-electron chi connectivity index (χ2n) is 4.82. The molecule has 0 spiro atoms. The Morgan fingerprint density at radius 3 is 2.47 bits per heavy atom. The van der Waals surface area contributed by atoms with Gasteiger partial charge in [-0.25, -0.2) is 0 Å². The number of hydrogen-bond donors (Lipinski definition) is 1. The Morgan fingerprint density at radius 1 is 1.26 bits per heavy atom. The van der Waals surface area contributed by atoms with Gasteiger partial charge in [0.15, 0.2) is 5.78 Å². The maximum atomic E-state index is 11.9. The Labute approximate surface area is 113 Å². The zero-order chi connectivity index (χ0) is 14.4. The van der Waals surface area contributed by atoms with Crippen LogP contribution in [0.15, 0.2) is 18.2 Å². The zero-order valence-electron chi connectivity index (χ0n) is 11.6. The monoisotopic (exact) mass is 264 g/mol. The fraction of sp³-hybridized carbons (Fsp3) is 0.467. The van der Waals surface area contributed by atoms with Crippen LogP contribution in [-0.2, 0) is 4.79 Å². The highest BCUT2D eigenvalue weighted by atomic mass is 16.5. The third kappa shape index (κ3) is 5.12. The number of ether oxygens (including phenoxy) is 1. The zero-order valence-corrected chi connectivity index (χ0v) is 11.6. The van der Waals surface area contributed by atoms with E-state index in [1.807, 2.05) is 20.8 Å². The van der Waals surface area contributed by atoms with Gasteiger partial charge in [0.2, 0.25) is 0 Å². The van der Waals surface area contributed by atoms with Gasteiger partial charge in [-0.05, 0) is 51.0 Å². The number of carbonyl (C=O) groups excluding carboxylic acids is 1. The van der Waals surface area contributed by atoms with Crippen LogP contribution in [0.4, 0.5) is 0 Å². The topological polar surface area (TPSA) is 63.6 Å². The molecule has 1 aromatic carbocycles. The Kier molecular flexibility index (Phi) is 5.55. The van der Waals surface area contributed by atoms with Gasteiger partial charge >= 0.3 is 5.97 Å². The van der Waals surface area contributed by atoms with Crippen LogP contribution in [0.2, 0.25) is 0 Å². The van der Waals surface area contributed by atoms with Crippen molar-refractivity contribution in [2.75, 3.05) is 0 Å². The Balaban J connectivity index is 2.66. The van der Waals surface area contributed by atoms with Crippen LogP contribution in [0.25, 0.3) is 0 Å². The predicted octanol–water partition coefficient (Wildman–Crippen LogP) is 3.22. The summed E-state index contributed by atoms with van der Waals surface area (Å²) in [7, 11) is 0. The first-order valence-corrected chi connectivity index (χ1v) is 6.42. The number of benzene rings is 1. The summed E-state index contributed by atoms with van der Waals surface area (Å²) in [5.74, 6) is -0.123. The fourth-order valence-electron chi connectivity index (χ4n) is 1.75. The average molecular weight is 264 g/mol. The number of rotatable bonds is 7. The largest absolute Gasteiger partial charge is 0.491 e. The molecule has 4 heteroatoms. The summed E-state index contributed by atoms with van der Waals surface area (Å²) in [6, 6.07) is 5.31. The van der Waals surface area contributed by atoms with Crippen LogP contribution in [0.3, 0.4) is 0 Å². The van der Waals surface area contributed by atoms with Crippen LogP contribution < -0.4 is 4.74 Å². The first-order valence-electron chi connectivity index (χ1n) is 6.42. The van der Waals surface area contributed by atoms with Gasteiger partial charge in [0.25, 0.3) is 0 Å². The van der Waals surface area contributed by atoms with E-state index in [1.165, 1.54) is 0 Å². The van der Waals surface area contributed by atoms with E-state index in [-0.39, 0.29) is 24.7 Å². The summed E-state index contributed by atoms with van der Waals surface area (Å²) in [5.41, 5.74) is 1.52. The Hall–Kier alpha value is -1.84. The average Bonchev–Trinajstić information content (AvgIpc) is 2.30. The molecule has 104 valence electrons. The number of aryl methyl sites for hydroxylation is 1. The first kappa shape index (κ1) is 15.2. The van der Waals surface area contributed by atoms with Crippen molar-refractivity contribution in [3.63, 3.8) is 0 Å². The van der Waals surface area contributed by atoms with Gasteiger partial charge in [0, 0.05) is 18.4 Å². The molecular formula is C15H20O4. The van der Waals surface area contributed by atoms with Crippen molar-refractivity contribution in [3.8, 4) is 5.75 Å². The highest BCUT2D eigenvalue weighted by molar-refractivity contribution is 5.96. The molecule has 1 N–H and O–H groups in total. The summed E-state index contributed by atoms with van der Waals surface area (Å²) in [4.78, 5) is 22.3. The van der Waals surface area contributed by atoms with E-state index in [9.17, 15) is 9.59 Å². The molecule has 19 heavy (non-hydrogen) atoms. The Bertz CT molecular complexity index is 463. The third-order valence-electron chi connectivity index (χ3n) is 2.65. The molecule has 0 radical (unpaired) electrons. The molecule has 0 aliphatic heterocycles. The van der Waals surface area contributed by atoms with E-state index in [4.69, 9.17) is 9.84 Å². The minimum Gasteiger partial charge on any atom is -0.491 e. The van der Waals surface area contributed by atoms with Gasteiger partial charge in [0.05, 0.1) is 6.10 Å².